The van der Waals surface area contributed by atoms with E-state index in [1.54, 1.807) is 0 Å². The van der Waals surface area contributed by atoms with Crippen LogP contribution in [0.1, 0.15) is 65.2 Å². The molecule has 0 aromatic carbocycles. The van der Waals surface area contributed by atoms with Crippen molar-refractivity contribution < 1.29 is 4.79 Å². The Morgan fingerprint density at radius 3 is 2.23 bits per heavy atom. The van der Waals surface area contributed by atoms with Crippen LogP contribution < -0.4 is 0 Å². The first kappa shape index (κ1) is 10.7. The normalized spacial score (nSPS) is 21.4. The van der Waals surface area contributed by atoms with Crippen LogP contribution in [-0.4, -0.2) is 5.78 Å². The topological polar surface area (TPSA) is 17.1 Å². The fourth-order valence-corrected chi connectivity index (χ4v) is 2.75. The Morgan fingerprint density at radius 1 is 1.15 bits per heavy atom. The maximum Gasteiger partial charge on any atom is 0.138 e. The van der Waals surface area contributed by atoms with Gasteiger partial charge in [-0.1, -0.05) is 39.5 Å². The van der Waals surface area contributed by atoms with Crippen LogP contribution in [0.15, 0.2) is 0 Å². The van der Waals surface area contributed by atoms with E-state index in [1.807, 2.05) is 6.92 Å². The van der Waals surface area contributed by atoms with Gasteiger partial charge in [-0.2, -0.15) is 0 Å². The summed E-state index contributed by atoms with van der Waals surface area (Å²) in [5, 5.41) is 0. The molecule has 1 rings (SSSR count). The van der Waals surface area contributed by atoms with Gasteiger partial charge in [0.25, 0.3) is 0 Å². The van der Waals surface area contributed by atoms with Crippen LogP contribution in [0.4, 0.5) is 0 Å². The van der Waals surface area contributed by atoms with Crippen molar-refractivity contribution in [2.75, 3.05) is 0 Å². The molecule has 0 aliphatic heterocycles. The zero-order chi connectivity index (χ0) is 9.73. The molecular weight excluding hydrogens is 160 g/mol. The first-order valence-corrected chi connectivity index (χ1v) is 5.78. The Kier molecular flexibility index (Phi) is 3.95. The minimum absolute atomic E-state index is 0.0990. The van der Waals surface area contributed by atoms with Gasteiger partial charge in [-0.3, -0.25) is 4.79 Å². The summed E-state index contributed by atoms with van der Waals surface area (Å²) >= 11 is 0. The monoisotopic (exact) mass is 182 g/mol. The lowest BCUT2D eigenvalue weighted by Gasteiger charge is -2.35. The fraction of sp³-hybridized carbons (Fsp3) is 0.917. The summed E-state index contributed by atoms with van der Waals surface area (Å²) < 4.78 is 0. The van der Waals surface area contributed by atoms with Gasteiger partial charge in [0.15, 0.2) is 0 Å². The molecule has 1 fully saturated rings. The van der Waals surface area contributed by atoms with E-state index in [0.717, 1.165) is 32.1 Å². The zero-order valence-corrected chi connectivity index (χ0v) is 9.07. The van der Waals surface area contributed by atoms with E-state index in [0.29, 0.717) is 5.78 Å². The van der Waals surface area contributed by atoms with E-state index in [2.05, 4.69) is 6.92 Å². The lowest BCUT2D eigenvalue weighted by Crippen LogP contribution is -2.32. The average molecular weight is 182 g/mol. The third-order valence-corrected chi connectivity index (χ3v) is 3.45. The van der Waals surface area contributed by atoms with Crippen LogP contribution in [0.3, 0.4) is 0 Å². The quantitative estimate of drug-likeness (QED) is 0.647. The first-order chi connectivity index (χ1) is 6.25. The summed E-state index contributed by atoms with van der Waals surface area (Å²) in [4.78, 5) is 11.9. The Hall–Kier alpha value is -0.330. The van der Waals surface area contributed by atoms with Crippen LogP contribution in [0.2, 0.25) is 0 Å². The Bertz CT molecular complexity index is 160. The van der Waals surface area contributed by atoms with Gasteiger partial charge in [0.2, 0.25) is 0 Å². The smallest absolute Gasteiger partial charge is 0.138 e. The molecule has 0 unspecified atom stereocenters. The van der Waals surface area contributed by atoms with Crippen molar-refractivity contribution in [1.82, 2.24) is 0 Å². The molecule has 0 heterocycles. The molecule has 1 aliphatic carbocycles. The van der Waals surface area contributed by atoms with E-state index < -0.39 is 0 Å². The molecule has 1 saturated carbocycles. The third-order valence-electron chi connectivity index (χ3n) is 3.45. The number of hydrogen-bond acceptors (Lipinski definition) is 1. The highest BCUT2D eigenvalue weighted by Crippen LogP contribution is 2.41. The van der Waals surface area contributed by atoms with Gasteiger partial charge in [-0.15, -0.1) is 0 Å². The van der Waals surface area contributed by atoms with Gasteiger partial charge < -0.3 is 0 Å². The summed E-state index contributed by atoms with van der Waals surface area (Å²) in [5.74, 6) is 0.522. The van der Waals surface area contributed by atoms with E-state index in [1.165, 1.54) is 19.3 Å². The highest BCUT2D eigenvalue weighted by Gasteiger charge is 2.36. The van der Waals surface area contributed by atoms with Gasteiger partial charge in [0.1, 0.15) is 5.78 Å². The van der Waals surface area contributed by atoms with Crippen LogP contribution in [-0.2, 0) is 4.79 Å². The average Bonchev–Trinajstić information content (AvgIpc) is 2.18. The number of rotatable bonds is 4. The van der Waals surface area contributed by atoms with Crippen molar-refractivity contribution in [3.8, 4) is 0 Å². The maximum absolute atomic E-state index is 11.9. The van der Waals surface area contributed by atoms with Gasteiger partial charge in [0, 0.05) is 11.8 Å². The third kappa shape index (κ3) is 2.32. The molecule has 0 saturated heterocycles. The van der Waals surface area contributed by atoms with E-state index >= 15 is 0 Å². The Labute approximate surface area is 81.9 Å². The fourth-order valence-electron chi connectivity index (χ4n) is 2.75. The van der Waals surface area contributed by atoms with Gasteiger partial charge >= 0.3 is 0 Å². The number of hydrogen-bond donors (Lipinski definition) is 0. The van der Waals surface area contributed by atoms with Crippen molar-refractivity contribution in [3.05, 3.63) is 0 Å². The number of carbonyl (C=O) groups is 1. The van der Waals surface area contributed by atoms with E-state index in [-0.39, 0.29) is 5.41 Å². The molecular formula is C12H22O. The lowest BCUT2D eigenvalue weighted by molar-refractivity contribution is -0.130. The second kappa shape index (κ2) is 4.78. The molecule has 0 amide bonds. The largest absolute Gasteiger partial charge is 0.299 e. The molecule has 1 nitrogen and oxygen atoms in total. The van der Waals surface area contributed by atoms with Gasteiger partial charge in [-0.05, 0) is 19.3 Å². The molecule has 0 radical (unpaired) electrons. The van der Waals surface area contributed by atoms with Crippen molar-refractivity contribution in [3.63, 3.8) is 0 Å². The molecule has 0 N–H and O–H groups in total. The number of ketones is 1. The first-order valence-electron chi connectivity index (χ1n) is 5.78. The maximum atomic E-state index is 11.9. The van der Waals surface area contributed by atoms with Gasteiger partial charge in [0.05, 0.1) is 0 Å². The van der Waals surface area contributed by atoms with Crippen molar-refractivity contribution in [2.45, 2.75) is 65.2 Å². The van der Waals surface area contributed by atoms with Crippen LogP contribution >= 0.6 is 0 Å². The molecule has 1 aliphatic rings. The van der Waals surface area contributed by atoms with E-state index in [4.69, 9.17) is 0 Å². The minimum Gasteiger partial charge on any atom is -0.299 e. The second-order valence-electron chi connectivity index (χ2n) is 4.37. The minimum atomic E-state index is 0.0990. The second-order valence-corrected chi connectivity index (χ2v) is 4.37. The molecule has 1 heteroatoms. The highest BCUT2D eigenvalue weighted by atomic mass is 16.1. The number of carbonyl (C=O) groups excluding carboxylic acids is 1. The lowest BCUT2D eigenvalue weighted by atomic mass is 9.68. The SMILES string of the molecule is CCCC1(C(=O)CC)CCCCC1. The Balaban J connectivity index is 2.66. The summed E-state index contributed by atoms with van der Waals surface area (Å²) in [6.45, 7) is 4.20. The van der Waals surface area contributed by atoms with Gasteiger partial charge in [-0.25, -0.2) is 0 Å². The van der Waals surface area contributed by atoms with E-state index in [9.17, 15) is 4.79 Å². The molecule has 0 aromatic rings. The predicted molar refractivity (Wildman–Crippen MR) is 55.7 cm³/mol. The molecule has 0 aromatic heterocycles. The number of Topliss-reactive ketones (excluding diaryl/α,β-unsaturated/α-hetero) is 1. The summed E-state index contributed by atoms with van der Waals surface area (Å²) in [5.41, 5.74) is 0.0990. The predicted octanol–water partition coefficient (Wildman–Crippen LogP) is 3.72. The summed E-state index contributed by atoms with van der Waals surface area (Å²) in [7, 11) is 0. The molecule has 0 bridgehead atoms. The molecule has 76 valence electrons. The Morgan fingerprint density at radius 2 is 1.77 bits per heavy atom. The molecule has 0 atom stereocenters. The molecule has 0 spiro atoms. The summed E-state index contributed by atoms with van der Waals surface area (Å²) in [6, 6.07) is 0. The standard InChI is InChI=1S/C12H22O/c1-3-8-12(11(13)4-2)9-6-5-7-10-12/h3-10H2,1-2H3. The van der Waals surface area contributed by atoms with Crippen molar-refractivity contribution >= 4 is 5.78 Å². The van der Waals surface area contributed by atoms with Crippen molar-refractivity contribution in [1.29, 1.82) is 0 Å². The van der Waals surface area contributed by atoms with Crippen LogP contribution in [0.25, 0.3) is 0 Å². The zero-order valence-electron chi connectivity index (χ0n) is 9.07. The van der Waals surface area contributed by atoms with Crippen LogP contribution in [0.5, 0.6) is 0 Å². The molecule has 13 heavy (non-hydrogen) atoms. The van der Waals surface area contributed by atoms with Crippen molar-refractivity contribution in [2.24, 2.45) is 5.41 Å². The highest BCUT2D eigenvalue weighted by molar-refractivity contribution is 5.84. The summed E-state index contributed by atoms with van der Waals surface area (Å²) in [6.07, 6.45) is 9.21. The van der Waals surface area contributed by atoms with Crippen LogP contribution in [0, 0.1) is 5.41 Å².